The first-order valence-corrected chi connectivity index (χ1v) is 5.79. The van der Waals surface area contributed by atoms with Crippen molar-refractivity contribution >= 4 is 11.8 Å². The second-order valence-corrected chi connectivity index (χ2v) is 5.15. The molecule has 1 N–H and O–H groups in total. The molecule has 0 saturated heterocycles. The van der Waals surface area contributed by atoms with Gasteiger partial charge in [-0.05, 0) is 32.8 Å². The Morgan fingerprint density at radius 1 is 1.22 bits per heavy atom. The highest BCUT2D eigenvalue weighted by Gasteiger charge is 2.42. The second kappa shape index (κ2) is 4.92. The molecular formula is C15H18O3. The second-order valence-electron chi connectivity index (χ2n) is 5.15. The van der Waals surface area contributed by atoms with E-state index in [1.54, 1.807) is 38.1 Å². The minimum absolute atomic E-state index is 0.0642. The van der Waals surface area contributed by atoms with E-state index in [9.17, 15) is 14.7 Å². The summed E-state index contributed by atoms with van der Waals surface area (Å²) in [6, 6.07) is 8.85. The summed E-state index contributed by atoms with van der Waals surface area (Å²) in [5.41, 5.74) is -1.67. The molecule has 3 heteroatoms. The van der Waals surface area contributed by atoms with Crippen LogP contribution >= 0.6 is 0 Å². The van der Waals surface area contributed by atoms with Gasteiger partial charge in [0.25, 0.3) is 0 Å². The maximum Gasteiger partial charge on any atom is 0.313 e. The first-order chi connectivity index (χ1) is 8.20. The molecule has 0 spiro atoms. The third-order valence-corrected chi connectivity index (χ3v) is 3.41. The minimum atomic E-state index is -1.17. The summed E-state index contributed by atoms with van der Waals surface area (Å²) in [5.74, 6) is -1.20. The Hall–Kier alpha value is -1.64. The van der Waals surface area contributed by atoms with E-state index >= 15 is 0 Å². The first-order valence-electron chi connectivity index (χ1n) is 5.79. The summed E-state index contributed by atoms with van der Waals surface area (Å²) in [7, 11) is 0. The van der Waals surface area contributed by atoms with Crippen molar-refractivity contribution in [2.45, 2.75) is 32.6 Å². The fourth-order valence-electron chi connectivity index (χ4n) is 1.97. The summed E-state index contributed by atoms with van der Waals surface area (Å²) in [4.78, 5) is 23.0. The summed E-state index contributed by atoms with van der Waals surface area (Å²) < 4.78 is 0. The first kappa shape index (κ1) is 14.4. The quantitative estimate of drug-likeness (QED) is 0.869. The van der Waals surface area contributed by atoms with E-state index in [0.717, 1.165) is 0 Å². The molecule has 0 fully saturated rings. The maximum absolute atomic E-state index is 11.6. The molecule has 1 rings (SSSR count). The van der Waals surface area contributed by atoms with E-state index in [2.05, 4.69) is 0 Å². The summed E-state index contributed by atoms with van der Waals surface area (Å²) >= 11 is 0. The zero-order chi connectivity index (χ0) is 14.0. The Morgan fingerprint density at radius 3 is 2.11 bits per heavy atom. The number of benzene rings is 1. The van der Waals surface area contributed by atoms with E-state index in [1.807, 2.05) is 6.07 Å². The molecule has 0 aliphatic heterocycles. The largest absolute Gasteiger partial charge is 0.481 e. The molecule has 0 aliphatic carbocycles. The molecule has 0 amide bonds. The standard InChI is InChI=1S/C15H18O3/c1-11(16)14(2,3)10-15(4,13(17)18)12-8-6-5-7-9-12/h2,5-9H,10H2,1,3-4H3,(H,17,18). The van der Waals surface area contributed by atoms with Crippen molar-refractivity contribution in [2.24, 2.45) is 5.41 Å². The number of carbonyl (C=O) groups is 2. The van der Waals surface area contributed by atoms with E-state index in [0.29, 0.717) is 5.56 Å². The Kier molecular flexibility index (Phi) is 3.95. The van der Waals surface area contributed by atoms with Gasteiger partial charge in [-0.1, -0.05) is 37.3 Å². The zero-order valence-corrected chi connectivity index (χ0v) is 10.9. The van der Waals surface area contributed by atoms with Crippen LogP contribution in [0.5, 0.6) is 0 Å². The van der Waals surface area contributed by atoms with Crippen LogP contribution < -0.4 is 0 Å². The average molecular weight is 246 g/mol. The Morgan fingerprint density at radius 2 is 1.72 bits per heavy atom. The Bertz CT molecular complexity index is 448. The van der Waals surface area contributed by atoms with Crippen molar-refractivity contribution in [2.75, 3.05) is 0 Å². The van der Waals surface area contributed by atoms with Gasteiger partial charge >= 0.3 is 5.97 Å². The maximum atomic E-state index is 11.6. The lowest BCUT2D eigenvalue weighted by molar-refractivity contribution is -0.144. The molecule has 0 heterocycles. The number of hydrogen-bond donors (Lipinski definition) is 1. The van der Waals surface area contributed by atoms with Crippen LogP contribution in [-0.2, 0) is 15.0 Å². The molecule has 0 aliphatic rings. The monoisotopic (exact) mass is 246 g/mol. The lowest BCUT2D eigenvalue weighted by Gasteiger charge is -2.33. The Labute approximate surface area is 108 Å². The number of carboxylic acid groups (broad SMARTS) is 1. The van der Waals surface area contributed by atoms with Crippen LogP contribution in [0.1, 0.15) is 32.8 Å². The molecule has 2 atom stereocenters. The molecule has 2 unspecified atom stereocenters. The van der Waals surface area contributed by atoms with Gasteiger partial charge in [-0.3, -0.25) is 9.59 Å². The average Bonchev–Trinajstić information content (AvgIpc) is 2.29. The van der Waals surface area contributed by atoms with Crippen molar-refractivity contribution in [3.8, 4) is 0 Å². The van der Waals surface area contributed by atoms with E-state index in [-0.39, 0.29) is 12.2 Å². The minimum Gasteiger partial charge on any atom is -0.481 e. The van der Waals surface area contributed by atoms with Crippen LogP contribution in [0.4, 0.5) is 0 Å². The molecule has 1 aromatic carbocycles. The van der Waals surface area contributed by atoms with Crippen molar-refractivity contribution in [3.63, 3.8) is 0 Å². The van der Waals surface area contributed by atoms with Crippen LogP contribution in [0.3, 0.4) is 0 Å². The predicted octanol–water partition coefficient (Wildman–Crippen LogP) is 2.73. The predicted molar refractivity (Wildman–Crippen MR) is 69.1 cm³/mol. The van der Waals surface area contributed by atoms with Crippen molar-refractivity contribution in [3.05, 3.63) is 42.8 Å². The number of Topliss-reactive ketones (excluding diaryl/α,β-unsaturated/α-hetero) is 1. The molecule has 0 aromatic heterocycles. The van der Waals surface area contributed by atoms with Crippen LogP contribution in [0, 0.1) is 12.3 Å². The molecule has 1 aromatic rings. The third-order valence-electron chi connectivity index (χ3n) is 3.41. The summed E-state index contributed by atoms with van der Waals surface area (Å²) in [6.07, 6.45) is 0.0642. The normalized spacial score (nSPS) is 14.9. The topological polar surface area (TPSA) is 54.4 Å². The fraction of sp³-hybridized carbons (Fsp3) is 0.400. The van der Waals surface area contributed by atoms with Gasteiger partial charge in [0.1, 0.15) is 5.78 Å². The van der Waals surface area contributed by atoms with Gasteiger partial charge in [0.05, 0.1) is 5.41 Å². The van der Waals surface area contributed by atoms with Crippen LogP contribution in [0.25, 0.3) is 0 Å². The van der Waals surface area contributed by atoms with Crippen LogP contribution in [-0.4, -0.2) is 16.9 Å². The zero-order valence-electron chi connectivity index (χ0n) is 10.9. The summed E-state index contributed by atoms with van der Waals surface area (Å²) in [5, 5.41) is 9.46. The number of ketones is 1. The highest BCUT2D eigenvalue weighted by Crippen LogP contribution is 2.37. The number of carbonyl (C=O) groups excluding carboxylic acids is 1. The van der Waals surface area contributed by atoms with Crippen molar-refractivity contribution in [1.82, 2.24) is 0 Å². The Balaban J connectivity index is 3.19. The molecule has 96 valence electrons. The van der Waals surface area contributed by atoms with Crippen LogP contribution in [0.15, 0.2) is 30.3 Å². The molecule has 0 saturated carbocycles. The van der Waals surface area contributed by atoms with Gasteiger partial charge < -0.3 is 5.11 Å². The highest BCUT2D eigenvalue weighted by molar-refractivity contribution is 5.86. The smallest absolute Gasteiger partial charge is 0.313 e. The molecule has 3 nitrogen and oxygen atoms in total. The highest BCUT2D eigenvalue weighted by atomic mass is 16.4. The van der Waals surface area contributed by atoms with Gasteiger partial charge in [0.2, 0.25) is 0 Å². The van der Waals surface area contributed by atoms with Gasteiger partial charge in [-0.2, -0.15) is 0 Å². The number of carboxylic acids is 1. The number of aliphatic carboxylic acids is 1. The lowest BCUT2D eigenvalue weighted by atomic mass is 9.69. The third kappa shape index (κ3) is 2.78. The molecule has 0 bridgehead atoms. The van der Waals surface area contributed by atoms with Gasteiger partial charge in [0, 0.05) is 5.41 Å². The SMILES string of the molecule is [CH]C(C)(CC(C)(C(=O)O)c1ccccc1)C(C)=O. The van der Waals surface area contributed by atoms with Crippen molar-refractivity contribution in [1.29, 1.82) is 0 Å². The number of hydrogen-bond acceptors (Lipinski definition) is 2. The molecular weight excluding hydrogens is 228 g/mol. The lowest BCUT2D eigenvalue weighted by Crippen LogP contribution is -2.39. The van der Waals surface area contributed by atoms with Crippen LogP contribution in [0.2, 0.25) is 0 Å². The van der Waals surface area contributed by atoms with E-state index in [4.69, 9.17) is 6.92 Å². The summed E-state index contributed by atoms with van der Waals surface area (Å²) in [6.45, 7) is 10.5. The van der Waals surface area contributed by atoms with E-state index < -0.39 is 16.8 Å². The van der Waals surface area contributed by atoms with Crippen molar-refractivity contribution < 1.29 is 14.7 Å². The molecule has 18 heavy (non-hydrogen) atoms. The van der Waals surface area contributed by atoms with Gasteiger partial charge in [0.15, 0.2) is 0 Å². The fourth-order valence-corrected chi connectivity index (χ4v) is 1.97. The van der Waals surface area contributed by atoms with E-state index in [1.165, 1.54) is 6.92 Å². The van der Waals surface area contributed by atoms with Gasteiger partial charge in [-0.25, -0.2) is 0 Å². The van der Waals surface area contributed by atoms with Gasteiger partial charge in [-0.15, -0.1) is 0 Å². The number of rotatable bonds is 5. The molecule has 2 radical (unpaired) electrons.